The van der Waals surface area contributed by atoms with E-state index in [1.165, 1.54) is 0 Å². The number of anilines is 1. The molecule has 0 unspecified atom stereocenters. The van der Waals surface area contributed by atoms with Crippen LogP contribution in [0.1, 0.15) is 53.4 Å². The van der Waals surface area contributed by atoms with Crippen LogP contribution in [0.4, 0.5) is 10.6 Å². The van der Waals surface area contributed by atoms with E-state index in [0.29, 0.717) is 58.8 Å². The number of ether oxygens (including phenoxy) is 3. The summed E-state index contributed by atoms with van der Waals surface area (Å²) in [5.74, 6) is 1.86. The standard InChI is InChI=1S/C37H54N6O5Si/c1-36(2,3)48-35(45)42-16-11-27(12-17-42)34(44)41-20-18-40(19-21-41)32-24-28(10-15-38-32)33-30-25-29(47-37(4)13-14-37)8-9-31(30)43(39-33)26-46-22-23-49(5,6)7/h8-10,15,24-25,27H,11-14,16-23,26H2,1-7H3. The van der Waals surface area contributed by atoms with E-state index >= 15 is 0 Å². The normalized spacial score (nSPS) is 18.6. The molecule has 266 valence electrons. The summed E-state index contributed by atoms with van der Waals surface area (Å²) in [5.41, 5.74) is 2.28. The molecule has 3 aromatic rings. The lowest BCUT2D eigenvalue weighted by molar-refractivity contribution is -0.137. The van der Waals surface area contributed by atoms with E-state index in [0.717, 1.165) is 59.2 Å². The number of likely N-dealkylation sites (tertiary alicyclic amines) is 1. The van der Waals surface area contributed by atoms with Crippen LogP contribution in [0.5, 0.6) is 5.75 Å². The zero-order valence-electron chi connectivity index (χ0n) is 30.5. The molecule has 6 rings (SSSR count). The highest BCUT2D eigenvalue weighted by atomic mass is 28.3. The number of benzene rings is 1. The fourth-order valence-corrected chi connectivity index (χ4v) is 7.17. The van der Waals surface area contributed by atoms with Crippen molar-refractivity contribution in [2.45, 2.75) is 97.0 Å². The summed E-state index contributed by atoms with van der Waals surface area (Å²) in [6.45, 7) is 19.8. The van der Waals surface area contributed by atoms with E-state index in [1.54, 1.807) is 4.90 Å². The van der Waals surface area contributed by atoms with Gasteiger partial charge in [0.2, 0.25) is 5.91 Å². The van der Waals surface area contributed by atoms with Gasteiger partial charge in [-0.05, 0) is 89.8 Å². The second-order valence-corrected chi connectivity index (χ2v) is 22.0. The molecule has 1 saturated carbocycles. The Labute approximate surface area is 291 Å². The Morgan fingerprint density at radius 2 is 1.67 bits per heavy atom. The molecule has 0 bridgehead atoms. The van der Waals surface area contributed by atoms with Gasteiger partial charge < -0.3 is 28.9 Å². The highest BCUT2D eigenvalue weighted by molar-refractivity contribution is 6.76. The van der Waals surface area contributed by atoms with Gasteiger partial charge in [0.25, 0.3) is 0 Å². The number of amides is 2. The predicted molar refractivity (Wildman–Crippen MR) is 195 cm³/mol. The van der Waals surface area contributed by atoms with E-state index in [9.17, 15) is 9.59 Å². The molecule has 2 aromatic heterocycles. The Morgan fingerprint density at radius 3 is 2.33 bits per heavy atom. The third kappa shape index (κ3) is 8.94. The molecule has 4 heterocycles. The van der Waals surface area contributed by atoms with Crippen molar-refractivity contribution in [1.82, 2.24) is 24.6 Å². The largest absolute Gasteiger partial charge is 0.488 e. The number of pyridine rings is 1. The number of piperazine rings is 1. The lowest BCUT2D eigenvalue weighted by atomic mass is 9.95. The van der Waals surface area contributed by atoms with Gasteiger partial charge in [0.15, 0.2) is 0 Å². The van der Waals surface area contributed by atoms with Crippen molar-refractivity contribution in [1.29, 1.82) is 0 Å². The van der Waals surface area contributed by atoms with Crippen LogP contribution in [0.15, 0.2) is 36.5 Å². The van der Waals surface area contributed by atoms with Crippen molar-refractivity contribution < 1.29 is 23.8 Å². The first-order chi connectivity index (χ1) is 23.2. The summed E-state index contributed by atoms with van der Waals surface area (Å²) < 4.78 is 19.9. The quantitative estimate of drug-likeness (QED) is 0.173. The molecule has 2 aliphatic heterocycles. The molecule has 1 aliphatic carbocycles. The van der Waals surface area contributed by atoms with Crippen LogP contribution in [0, 0.1) is 5.92 Å². The first-order valence-electron chi connectivity index (χ1n) is 17.9. The lowest BCUT2D eigenvalue weighted by Gasteiger charge is -2.39. The van der Waals surface area contributed by atoms with Crippen LogP contribution in [-0.2, 0) is 21.0 Å². The number of carbonyl (C=O) groups is 2. The van der Waals surface area contributed by atoms with Crippen LogP contribution in [0.25, 0.3) is 22.2 Å². The van der Waals surface area contributed by atoms with Gasteiger partial charge in [0.1, 0.15) is 35.2 Å². The maximum atomic E-state index is 13.5. The van der Waals surface area contributed by atoms with Gasteiger partial charge in [-0.1, -0.05) is 19.6 Å². The molecule has 49 heavy (non-hydrogen) atoms. The zero-order chi connectivity index (χ0) is 35.0. The number of rotatable bonds is 10. The van der Waals surface area contributed by atoms with Gasteiger partial charge >= 0.3 is 6.09 Å². The molecule has 0 atom stereocenters. The first kappa shape index (κ1) is 35.2. The van der Waals surface area contributed by atoms with Gasteiger partial charge in [-0.3, -0.25) is 4.79 Å². The molecular formula is C37H54N6O5Si. The number of aromatic nitrogens is 3. The van der Waals surface area contributed by atoms with E-state index in [4.69, 9.17) is 24.3 Å². The van der Waals surface area contributed by atoms with Gasteiger partial charge in [0.05, 0.1) is 5.52 Å². The minimum Gasteiger partial charge on any atom is -0.488 e. The fraction of sp³-hybridized carbons (Fsp3) is 0.622. The average Bonchev–Trinajstić information content (AvgIpc) is 3.67. The topological polar surface area (TPSA) is 102 Å². The Balaban J connectivity index is 1.12. The van der Waals surface area contributed by atoms with Crippen LogP contribution in [0.3, 0.4) is 0 Å². The molecule has 2 amide bonds. The maximum absolute atomic E-state index is 13.5. The van der Waals surface area contributed by atoms with Gasteiger partial charge in [-0.2, -0.15) is 5.10 Å². The van der Waals surface area contributed by atoms with E-state index in [2.05, 4.69) is 49.7 Å². The Bertz CT molecular complexity index is 1640. The molecule has 3 fully saturated rings. The van der Waals surface area contributed by atoms with Gasteiger partial charge in [-0.25, -0.2) is 14.5 Å². The summed E-state index contributed by atoms with van der Waals surface area (Å²) in [6.07, 6.45) is 5.02. The number of hydrogen-bond acceptors (Lipinski definition) is 8. The number of nitrogens with zero attached hydrogens (tertiary/aromatic N) is 6. The molecule has 11 nitrogen and oxygen atoms in total. The molecule has 0 N–H and O–H groups in total. The number of hydrogen-bond donors (Lipinski definition) is 0. The summed E-state index contributed by atoms with van der Waals surface area (Å²) in [5, 5.41) is 6.10. The molecular weight excluding hydrogens is 637 g/mol. The molecule has 1 aromatic carbocycles. The first-order valence-corrected chi connectivity index (χ1v) is 21.6. The Kier molecular flexibility index (Phi) is 10.0. The van der Waals surface area contributed by atoms with Crippen molar-refractivity contribution in [2.24, 2.45) is 5.92 Å². The number of carbonyl (C=O) groups excluding carboxylic acids is 2. The summed E-state index contributed by atoms with van der Waals surface area (Å²) in [7, 11) is -1.20. The lowest BCUT2D eigenvalue weighted by Crippen LogP contribution is -2.52. The van der Waals surface area contributed by atoms with Crippen molar-refractivity contribution in [3.63, 3.8) is 0 Å². The second-order valence-electron chi connectivity index (χ2n) is 16.4. The SMILES string of the molecule is CC(C)(C)OC(=O)N1CCC(C(=O)N2CCN(c3cc(-c4nn(COCC[Si](C)(C)C)c5ccc(OC6(C)CC6)cc45)ccn3)CC2)CC1. The van der Waals surface area contributed by atoms with Crippen molar-refractivity contribution in [3.05, 3.63) is 36.5 Å². The summed E-state index contributed by atoms with van der Waals surface area (Å²) in [6, 6.07) is 11.5. The number of piperidine rings is 1. The van der Waals surface area contributed by atoms with Crippen molar-refractivity contribution >= 4 is 36.8 Å². The highest BCUT2D eigenvalue weighted by Gasteiger charge is 2.40. The highest BCUT2D eigenvalue weighted by Crippen LogP contribution is 2.41. The molecule has 0 spiro atoms. The minimum atomic E-state index is -1.20. The Morgan fingerprint density at radius 1 is 0.959 bits per heavy atom. The maximum Gasteiger partial charge on any atom is 0.410 e. The van der Waals surface area contributed by atoms with Crippen LogP contribution in [0.2, 0.25) is 25.7 Å². The van der Waals surface area contributed by atoms with Crippen LogP contribution in [-0.4, -0.2) is 102 Å². The average molecular weight is 691 g/mol. The third-order valence-electron chi connectivity index (χ3n) is 9.68. The summed E-state index contributed by atoms with van der Waals surface area (Å²) in [4.78, 5) is 36.6. The van der Waals surface area contributed by atoms with Gasteiger partial charge in [-0.15, -0.1) is 0 Å². The van der Waals surface area contributed by atoms with E-state index in [1.807, 2.05) is 48.7 Å². The van der Waals surface area contributed by atoms with Crippen molar-refractivity contribution in [2.75, 3.05) is 50.8 Å². The molecule has 12 heteroatoms. The fourth-order valence-electron chi connectivity index (χ4n) is 6.41. The Hall–Kier alpha value is -3.64. The predicted octanol–water partition coefficient (Wildman–Crippen LogP) is 6.64. The zero-order valence-corrected chi connectivity index (χ0v) is 31.5. The summed E-state index contributed by atoms with van der Waals surface area (Å²) >= 11 is 0. The number of fused-ring (bicyclic) bond motifs is 1. The van der Waals surface area contributed by atoms with E-state index < -0.39 is 13.7 Å². The van der Waals surface area contributed by atoms with Crippen LogP contribution >= 0.6 is 0 Å². The second kappa shape index (κ2) is 13.9. The van der Waals surface area contributed by atoms with E-state index in [-0.39, 0.29) is 23.5 Å². The molecule has 3 aliphatic rings. The third-order valence-corrected chi connectivity index (χ3v) is 11.4. The van der Waals surface area contributed by atoms with Crippen LogP contribution < -0.4 is 9.64 Å². The minimum absolute atomic E-state index is 0.0639. The monoisotopic (exact) mass is 690 g/mol. The molecule has 2 saturated heterocycles. The molecule has 0 radical (unpaired) electrons. The smallest absolute Gasteiger partial charge is 0.410 e. The van der Waals surface area contributed by atoms with Crippen molar-refractivity contribution in [3.8, 4) is 17.0 Å². The van der Waals surface area contributed by atoms with Gasteiger partial charge in [0, 0.05) is 77.0 Å².